The number of rotatable bonds is 8. The van der Waals surface area contributed by atoms with Crippen molar-refractivity contribution < 1.29 is 0 Å². The van der Waals surface area contributed by atoms with Gasteiger partial charge in [-0.2, -0.15) is 0 Å². The van der Waals surface area contributed by atoms with Crippen LogP contribution in [0.1, 0.15) is 99.9 Å². The van der Waals surface area contributed by atoms with Gasteiger partial charge in [-0.05, 0) is 172 Å². The standard InChI is InChI=1S/C78H66N2/c1-75(2,3)55-35-43-58(44-36-55)79(57-39-31-53(32-40-57)51-21-11-9-12-22-51)61-47-48-65-69(49-61)77(7,8)70-50-71(80(60-45-37-56(38-46-60)76(4,5)6)59-41-33-54(34-42-59)52-23-13-10-14-24-52)73-64-27-17-20-30-68(64)78(74(73)72(65)70)66-28-18-15-25-62(66)63-26-16-19-29-67(63)78/h9-50H,1-8H3. The zero-order valence-corrected chi connectivity index (χ0v) is 47.1. The van der Waals surface area contributed by atoms with Crippen molar-refractivity contribution in [2.24, 2.45) is 0 Å². The molecule has 0 amide bonds. The van der Waals surface area contributed by atoms with E-state index in [1.165, 1.54) is 106 Å². The van der Waals surface area contributed by atoms with E-state index >= 15 is 0 Å². The van der Waals surface area contributed by atoms with E-state index < -0.39 is 10.8 Å². The van der Waals surface area contributed by atoms with E-state index in [4.69, 9.17) is 0 Å². The second-order valence-electron chi connectivity index (χ2n) is 24.9. The minimum absolute atomic E-state index is 0.00416. The summed E-state index contributed by atoms with van der Waals surface area (Å²) in [4.78, 5) is 5.02. The average Bonchev–Trinajstić information content (AvgIpc) is 4.16. The lowest BCUT2D eigenvalue weighted by molar-refractivity contribution is 0.590. The summed E-state index contributed by atoms with van der Waals surface area (Å²) < 4.78 is 0. The molecular formula is C78H66N2. The Labute approximate surface area is 473 Å². The third-order valence-electron chi connectivity index (χ3n) is 17.8. The summed E-state index contributed by atoms with van der Waals surface area (Å²) >= 11 is 0. The number of fused-ring (bicyclic) bond motifs is 14. The van der Waals surface area contributed by atoms with Crippen molar-refractivity contribution in [3.63, 3.8) is 0 Å². The lowest BCUT2D eigenvalue weighted by atomic mass is 9.68. The smallest absolute Gasteiger partial charge is 0.0732 e. The highest BCUT2D eigenvalue weighted by atomic mass is 15.2. The van der Waals surface area contributed by atoms with Crippen molar-refractivity contribution in [2.45, 2.75) is 77.0 Å². The molecule has 0 saturated carbocycles. The first-order valence-electron chi connectivity index (χ1n) is 28.5. The number of hydrogen-bond donors (Lipinski definition) is 0. The van der Waals surface area contributed by atoms with Gasteiger partial charge in [0.1, 0.15) is 0 Å². The Morgan fingerprint density at radius 2 is 0.650 bits per heavy atom. The molecule has 388 valence electrons. The van der Waals surface area contributed by atoms with E-state index in [9.17, 15) is 0 Å². The fourth-order valence-electron chi connectivity index (χ4n) is 13.7. The van der Waals surface area contributed by atoms with Gasteiger partial charge in [-0.1, -0.05) is 243 Å². The Bertz CT molecular complexity index is 4130. The molecule has 3 aliphatic rings. The fourth-order valence-corrected chi connectivity index (χ4v) is 13.7. The summed E-state index contributed by atoms with van der Waals surface area (Å²) in [7, 11) is 0. The Morgan fingerprint density at radius 3 is 1.11 bits per heavy atom. The molecule has 0 heterocycles. The predicted molar refractivity (Wildman–Crippen MR) is 338 cm³/mol. The van der Waals surface area contributed by atoms with Crippen molar-refractivity contribution in [1.82, 2.24) is 0 Å². The van der Waals surface area contributed by atoms with Gasteiger partial charge in [-0.15, -0.1) is 0 Å². The minimum Gasteiger partial charge on any atom is -0.310 e. The van der Waals surface area contributed by atoms with Crippen LogP contribution in [0.25, 0.3) is 55.6 Å². The number of anilines is 6. The second kappa shape index (κ2) is 18.3. The van der Waals surface area contributed by atoms with Gasteiger partial charge in [0.05, 0.1) is 11.1 Å². The minimum atomic E-state index is -0.601. The topological polar surface area (TPSA) is 6.48 Å². The Kier molecular flexibility index (Phi) is 11.3. The van der Waals surface area contributed by atoms with Crippen LogP contribution in [-0.2, 0) is 21.7 Å². The zero-order valence-electron chi connectivity index (χ0n) is 47.1. The Hall–Kier alpha value is -8.98. The van der Waals surface area contributed by atoms with Crippen molar-refractivity contribution in [3.05, 3.63) is 299 Å². The van der Waals surface area contributed by atoms with Crippen LogP contribution in [-0.4, -0.2) is 0 Å². The molecule has 0 atom stereocenters. The van der Waals surface area contributed by atoms with E-state index in [1.54, 1.807) is 0 Å². The summed E-state index contributed by atoms with van der Waals surface area (Å²) in [6, 6.07) is 96.2. The molecule has 0 radical (unpaired) electrons. The van der Waals surface area contributed by atoms with Crippen LogP contribution < -0.4 is 9.80 Å². The van der Waals surface area contributed by atoms with Gasteiger partial charge in [0, 0.05) is 39.4 Å². The summed E-state index contributed by atoms with van der Waals surface area (Å²) in [5.41, 5.74) is 29.0. The number of hydrogen-bond acceptors (Lipinski definition) is 2. The van der Waals surface area contributed by atoms with Crippen LogP contribution in [0.4, 0.5) is 34.1 Å². The van der Waals surface area contributed by atoms with Crippen molar-refractivity contribution in [3.8, 4) is 55.6 Å². The first-order chi connectivity index (χ1) is 38.7. The molecule has 0 bridgehead atoms. The molecule has 80 heavy (non-hydrogen) atoms. The van der Waals surface area contributed by atoms with Gasteiger partial charge in [-0.3, -0.25) is 0 Å². The molecule has 0 fully saturated rings. The molecular weight excluding hydrogens is 965 g/mol. The quantitative estimate of drug-likeness (QED) is 0.150. The molecule has 1 spiro atoms. The summed E-state index contributed by atoms with van der Waals surface area (Å²) in [6.45, 7) is 18.7. The highest BCUT2D eigenvalue weighted by Gasteiger charge is 2.56. The van der Waals surface area contributed by atoms with Crippen LogP contribution in [0.5, 0.6) is 0 Å². The molecule has 0 unspecified atom stereocenters. The van der Waals surface area contributed by atoms with Crippen LogP contribution in [0.2, 0.25) is 0 Å². The van der Waals surface area contributed by atoms with Crippen LogP contribution in [0, 0.1) is 0 Å². The molecule has 11 aromatic rings. The normalized spacial score (nSPS) is 13.9. The molecule has 14 rings (SSSR count). The van der Waals surface area contributed by atoms with E-state index in [0.717, 1.165) is 28.4 Å². The van der Waals surface area contributed by atoms with Gasteiger partial charge >= 0.3 is 0 Å². The molecule has 3 aliphatic carbocycles. The zero-order chi connectivity index (χ0) is 54.7. The van der Waals surface area contributed by atoms with E-state index in [-0.39, 0.29) is 10.8 Å². The summed E-state index contributed by atoms with van der Waals surface area (Å²) in [6.07, 6.45) is 0. The molecule has 2 heteroatoms. The van der Waals surface area contributed by atoms with Crippen molar-refractivity contribution in [2.75, 3.05) is 9.80 Å². The van der Waals surface area contributed by atoms with Gasteiger partial charge in [0.25, 0.3) is 0 Å². The summed E-state index contributed by atoms with van der Waals surface area (Å²) in [5, 5.41) is 0. The largest absolute Gasteiger partial charge is 0.310 e. The van der Waals surface area contributed by atoms with Gasteiger partial charge < -0.3 is 9.80 Å². The Balaban J connectivity index is 1.05. The van der Waals surface area contributed by atoms with E-state index in [2.05, 4.69) is 320 Å². The van der Waals surface area contributed by atoms with E-state index in [0.29, 0.717) is 0 Å². The molecule has 11 aromatic carbocycles. The molecule has 0 aromatic heterocycles. The maximum atomic E-state index is 2.59. The molecule has 0 N–H and O–H groups in total. The second-order valence-corrected chi connectivity index (χ2v) is 24.9. The SMILES string of the molecule is CC(C)(C)c1ccc(N(c2ccc(-c3ccccc3)cc2)c2ccc3c(c2)C(C)(C)c2cc(N(c4ccc(-c5ccccc5)cc4)c4ccc(C(C)(C)C)cc4)c4c(c2-3)C2(c3ccccc3-c3ccccc32)c2ccccc2-4)cc1. The third-order valence-corrected chi connectivity index (χ3v) is 17.8. The molecule has 0 aliphatic heterocycles. The summed E-state index contributed by atoms with van der Waals surface area (Å²) in [5.74, 6) is 0. The van der Waals surface area contributed by atoms with Gasteiger partial charge in [-0.25, -0.2) is 0 Å². The first-order valence-corrected chi connectivity index (χ1v) is 28.5. The number of nitrogens with zero attached hydrogens (tertiary/aromatic N) is 2. The maximum Gasteiger partial charge on any atom is 0.0732 e. The monoisotopic (exact) mass is 1030 g/mol. The van der Waals surface area contributed by atoms with Crippen LogP contribution in [0.3, 0.4) is 0 Å². The molecule has 0 saturated heterocycles. The lowest BCUT2D eigenvalue weighted by Gasteiger charge is -2.35. The third kappa shape index (κ3) is 7.60. The van der Waals surface area contributed by atoms with E-state index in [1.807, 2.05) is 0 Å². The van der Waals surface area contributed by atoms with Crippen molar-refractivity contribution in [1.29, 1.82) is 0 Å². The molecule has 2 nitrogen and oxygen atoms in total. The predicted octanol–water partition coefficient (Wildman–Crippen LogP) is 21.2. The van der Waals surface area contributed by atoms with Gasteiger partial charge in [0.2, 0.25) is 0 Å². The highest BCUT2D eigenvalue weighted by Crippen LogP contribution is 2.69. The van der Waals surface area contributed by atoms with Crippen molar-refractivity contribution >= 4 is 34.1 Å². The Morgan fingerprint density at radius 1 is 0.287 bits per heavy atom. The van der Waals surface area contributed by atoms with Crippen LogP contribution >= 0.6 is 0 Å². The lowest BCUT2D eigenvalue weighted by Crippen LogP contribution is -2.27. The fraction of sp³-hybridized carbons (Fsp3) is 0.154. The van der Waals surface area contributed by atoms with Crippen LogP contribution in [0.15, 0.2) is 255 Å². The van der Waals surface area contributed by atoms with Gasteiger partial charge in [0.15, 0.2) is 0 Å². The first kappa shape index (κ1) is 49.3. The number of benzene rings is 11. The highest BCUT2D eigenvalue weighted by molar-refractivity contribution is 6.07. The maximum absolute atomic E-state index is 2.59. The average molecular weight is 1030 g/mol.